The number of hydrogen-bond acceptors (Lipinski definition) is 5. The van der Waals surface area contributed by atoms with Crippen LogP contribution in [0.25, 0.3) is 0 Å². The third-order valence-electron chi connectivity index (χ3n) is 2.60. The molecule has 0 aliphatic heterocycles. The minimum atomic E-state index is -0.971. The molecule has 0 atom stereocenters. The Balaban J connectivity index is 1.85. The smallest absolute Gasteiger partial charge is 0.335 e. The maximum absolute atomic E-state index is 11.7. The van der Waals surface area contributed by atoms with Crippen LogP contribution in [0.1, 0.15) is 21.6 Å². The van der Waals surface area contributed by atoms with E-state index in [0.29, 0.717) is 17.4 Å². The molecule has 2 rings (SSSR count). The van der Waals surface area contributed by atoms with Crippen LogP contribution in [0.4, 0.5) is 5.13 Å². The number of amides is 1. The summed E-state index contributed by atoms with van der Waals surface area (Å²) in [5.41, 5.74) is 7.19. The molecule has 20 heavy (non-hydrogen) atoms. The Bertz CT molecular complexity index is 622. The van der Waals surface area contributed by atoms with Crippen LogP contribution in [0.15, 0.2) is 29.6 Å². The van der Waals surface area contributed by atoms with Gasteiger partial charge in [-0.2, -0.15) is 0 Å². The minimum Gasteiger partial charge on any atom is -0.478 e. The number of rotatable bonds is 5. The first-order valence-electron chi connectivity index (χ1n) is 5.83. The van der Waals surface area contributed by atoms with Gasteiger partial charge in [-0.05, 0) is 17.7 Å². The lowest BCUT2D eigenvalue weighted by atomic mass is 10.1. The number of carboxylic acids is 1. The highest BCUT2D eigenvalue weighted by molar-refractivity contribution is 7.13. The van der Waals surface area contributed by atoms with Crippen LogP contribution in [0.3, 0.4) is 0 Å². The normalized spacial score (nSPS) is 10.2. The Kier molecular flexibility index (Phi) is 4.31. The van der Waals surface area contributed by atoms with Gasteiger partial charge in [-0.1, -0.05) is 12.1 Å². The van der Waals surface area contributed by atoms with Gasteiger partial charge in [-0.3, -0.25) is 4.79 Å². The number of nitrogens with zero attached hydrogens (tertiary/aromatic N) is 1. The molecule has 0 radical (unpaired) electrons. The molecule has 0 saturated carbocycles. The lowest BCUT2D eigenvalue weighted by Crippen LogP contribution is -2.24. The van der Waals surface area contributed by atoms with E-state index in [1.165, 1.54) is 23.5 Å². The average Bonchev–Trinajstić information content (AvgIpc) is 2.82. The Morgan fingerprint density at radius 1 is 1.30 bits per heavy atom. The molecule has 0 fully saturated rings. The quantitative estimate of drug-likeness (QED) is 0.769. The van der Waals surface area contributed by atoms with Gasteiger partial charge in [0.15, 0.2) is 5.13 Å². The van der Waals surface area contributed by atoms with Crippen LogP contribution < -0.4 is 11.1 Å². The van der Waals surface area contributed by atoms with Crippen molar-refractivity contribution in [3.8, 4) is 0 Å². The van der Waals surface area contributed by atoms with Crippen LogP contribution in [0.2, 0.25) is 0 Å². The maximum atomic E-state index is 11.7. The Hall–Kier alpha value is -2.41. The van der Waals surface area contributed by atoms with Crippen molar-refractivity contribution in [3.63, 3.8) is 0 Å². The summed E-state index contributed by atoms with van der Waals surface area (Å²) >= 11 is 1.30. The summed E-state index contributed by atoms with van der Waals surface area (Å²) in [4.78, 5) is 26.4. The van der Waals surface area contributed by atoms with E-state index < -0.39 is 5.97 Å². The van der Waals surface area contributed by atoms with E-state index >= 15 is 0 Å². The highest BCUT2D eigenvalue weighted by atomic mass is 32.1. The van der Waals surface area contributed by atoms with E-state index in [-0.39, 0.29) is 17.9 Å². The Morgan fingerprint density at radius 2 is 2.00 bits per heavy atom. The second kappa shape index (κ2) is 6.16. The summed E-state index contributed by atoms with van der Waals surface area (Å²) in [5.74, 6) is -1.13. The molecule has 4 N–H and O–H groups in total. The van der Waals surface area contributed by atoms with Gasteiger partial charge < -0.3 is 16.2 Å². The largest absolute Gasteiger partial charge is 0.478 e. The molecule has 1 heterocycles. The summed E-state index contributed by atoms with van der Waals surface area (Å²) < 4.78 is 0. The second-order valence-electron chi connectivity index (χ2n) is 4.13. The standard InChI is InChI=1S/C13H13N3O3S/c14-13-16-10(7-20-13)5-11(17)15-6-8-1-3-9(4-2-8)12(18)19/h1-4,7H,5-6H2,(H2,14,16)(H,15,17)(H,18,19). The molecule has 1 aromatic heterocycles. The zero-order valence-electron chi connectivity index (χ0n) is 10.5. The van der Waals surface area contributed by atoms with Crippen molar-refractivity contribution in [2.24, 2.45) is 0 Å². The molecule has 0 saturated heterocycles. The van der Waals surface area contributed by atoms with Gasteiger partial charge in [0, 0.05) is 11.9 Å². The third kappa shape index (κ3) is 3.79. The molecule has 1 amide bonds. The number of carbonyl (C=O) groups excluding carboxylic acids is 1. The van der Waals surface area contributed by atoms with E-state index in [2.05, 4.69) is 10.3 Å². The summed E-state index contributed by atoms with van der Waals surface area (Å²) in [6.07, 6.45) is 0.181. The molecule has 0 aliphatic rings. The molecule has 0 unspecified atom stereocenters. The zero-order valence-corrected chi connectivity index (χ0v) is 11.3. The molecule has 7 heteroatoms. The van der Waals surface area contributed by atoms with Crippen molar-refractivity contribution < 1.29 is 14.7 Å². The van der Waals surface area contributed by atoms with Crippen LogP contribution in [0, 0.1) is 0 Å². The highest BCUT2D eigenvalue weighted by Gasteiger charge is 2.07. The fourth-order valence-electron chi connectivity index (χ4n) is 1.60. The molecule has 104 valence electrons. The number of nitrogen functional groups attached to an aromatic ring is 1. The predicted molar refractivity (Wildman–Crippen MR) is 75.5 cm³/mol. The van der Waals surface area contributed by atoms with Crippen LogP contribution in [0.5, 0.6) is 0 Å². The average molecular weight is 291 g/mol. The maximum Gasteiger partial charge on any atom is 0.335 e. The molecule has 2 aromatic rings. The third-order valence-corrected chi connectivity index (χ3v) is 3.32. The minimum absolute atomic E-state index is 0.155. The van der Waals surface area contributed by atoms with Crippen molar-refractivity contribution in [1.29, 1.82) is 0 Å². The number of nitrogens with two attached hydrogens (primary N) is 1. The van der Waals surface area contributed by atoms with Gasteiger partial charge in [0.2, 0.25) is 5.91 Å². The fourth-order valence-corrected chi connectivity index (χ4v) is 2.16. The number of benzene rings is 1. The SMILES string of the molecule is Nc1nc(CC(=O)NCc2ccc(C(=O)O)cc2)cs1. The fraction of sp³-hybridized carbons (Fsp3) is 0.154. The van der Waals surface area contributed by atoms with Gasteiger partial charge in [0.1, 0.15) is 0 Å². The zero-order chi connectivity index (χ0) is 14.5. The van der Waals surface area contributed by atoms with Crippen molar-refractivity contribution in [1.82, 2.24) is 10.3 Å². The summed E-state index contributed by atoms with van der Waals surface area (Å²) in [7, 11) is 0. The Morgan fingerprint density at radius 3 is 2.55 bits per heavy atom. The van der Waals surface area contributed by atoms with E-state index in [4.69, 9.17) is 10.8 Å². The van der Waals surface area contributed by atoms with Crippen LogP contribution in [-0.4, -0.2) is 22.0 Å². The molecule has 1 aromatic carbocycles. The predicted octanol–water partition coefficient (Wildman–Crippen LogP) is 1.28. The summed E-state index contributed by atoms with van der Waals surface area (Å²) in [6, 6.07) is 6.35. The molecular weight excluding hydrogens is 278 g/mol. The molecular formula is C13H13N3O3S. The number of aromatic nitrogens is 1. The monoisotopic (exact) mass is 291 g/mol. The summed E-state index contributed by atoms with van der Waals surface area (Å²) in [6.45, 7) is 0.346. The van der Waals surface area contributed by atoms with E-state index in [1.807, 2.05) is 0 Å². The molecule has 0 bridgehead atoms. The van der Waals surface area contributed by atoms with Gasteiger partial charge >= 0.3 is 5.97 Å². The van der Waals surface area contributed by atoms with E-state index in [0.717, 1.165) is 5.56 Å². The number of anilines is 1. The number of nitrogens with one attached hydrogen (secondary N) is 1. The number of hydrogen-bond donors (Lipinski definition) is 3. The van der Waals surface area contributed by atoms with E-state index in [9.17, 15) is 9.59 Å². The first-order chi connectivity index (χ1) is 9.54. The number of carboxylic acid groups (broad SMARTS) is 1. The van der Waals surface area contributed by atoms with Crippen molar-refractivity contribution >= 4 is 28.3 Å². The van der Waals surface area contributed by atoms with Crippen LogP contribution in [-0.2, 0) is 17.8 Å². The number of aromatic carboxylic acids is 1. The number of carbonyl (C=O) groups is 2. The Labute approximate surface area is 119 Å². The lowest BCUT2D eigenvalue weighted by Gasteiger charge is -2.04. The highest BCUT2D eigenvalue weighted by Crippen LogP contribution is 2.11. The summed E-state index contributed by atoms with van der Waals surface area (Å²) in [5, 5.41) is 13.7. The molecule has 0 spiro atoms. The van der Waals surface area contributed by atoms with Gasteiger partial charge in [0.25, 0.3) is 0 Å². The first kappa shape index (κ1) is 14.0. The van der Waals surface area contributed by atoms with Crippen molar-refractivity contribution in [2.45, 2.75) is 13.0 Å². The van der Waals surface area contributed by atoms with Crippen molar-refractivity contribution in [3.05, 3.63) is 46.5 Å². The number of thiazole rings is 1. The van der Waals surface area contributed by atoms with Gasteiger partial charge in [-0.25, -0.2) is 9.78 Å². The van der Waals surface area contributed by atoms with E-state index in [1.54, 1.807) is 17.5 Å². The second-order valence-corrected chi connectivity index (χ2v) is 5.02. The molecule has 0 aliphatic carbocycles. The topological polar surface area (TPSA) is 105 Å². The molecule has 6 nitrogen and oxygen atoms in total. The lowest BCUT2D eigenvalue weighted by molar-refractivity contribution is -0.120. The van der Waals surface area contributed by atoms with Crippen LogP contribution >= 0.6 is 11.3 Å². The van der Waals surface area contributed by atoms with Gasteiger partial charge in [0.05, 0.1) is 17.7 Å². The van der Waals surface area contributed by atoms with Gasteiger partial charge in [-0.15, -0.1) is 11.3 Å². The van der Waals surface area contributed by atoms with Crippen molar-refractivity contribution in [2.75, 3.05) is 5.73 Å². The first-order valence-corrected chi connectivity index (χ1v) is 6.71.